The average Bonchev–Trinajstić information content (AvgIpc) is 2.86. The first-order valence-electron chi connectivity index (χ1n) is 11.7. The molecule has 7 nitrogen and oxygen atoms in total. The third-order valence-corrected chi connectivity index (χ3v) is 8.19. The molecule has 1 saturated heterocycles. The van der Waals surface area contributed by atoms with Gasteiger partial charge in [0.2, 0.25) is 10.0 Å². The summed E-state index contributed by atoms with van der Waals surface area (Å²) in [5.74, 6) is 0.374. The van der Waals surface area contributed by atoms with Gasteiger partial charge in [0.1, 0.15) is 12.4 Å². The molecule has 178 valence electrons. The monoisotopic (exact) mass is 472 g/mol. The summed E-state index contributed by atoms with van der Waals surface area (Å²) in [5.41, 5.74) is 2.90. The number of piperazine rings is 1. The molecule has 33 heavy (non-hydrogen) atoms. The van der Waals surface area contributed by atoms with E-state index in [1.807, 2.05) is 25.1 Å². The first kappa shape index (κ1) is 23.7. The molecule has 0 saturated carbocycles. The SMILES string of the molecule is CCOCCOc1ccccc1C(=O)N1CCN(S(=O)(=O)c2ccc3c(c2)CCCC3)CC1. The molecule has 1 heterocycles. The van der Waals surface area contributed by atoms with Gasteiger partial charge in [-0.25, -0.2) is 8.42 Å². The summed E-state index contributed by atoms with van der Waals surface area (Å²) in [6.07, 6.45) is 4.23. The number of amides is 1. The van der Waals surface area contributed by atoms with Crippen molar-refractivity contribution in [2.45, 2.75) is 37.5 Å². The van der Waals surface area contributed by atoms with Gasteiger partial charge in [-0.15, -0.1) is 0 Å². The van der Waals surface area contributed by atoms with E-state index in [4.69, 9.17) is 9.47 Å². The van der Waals surface area contributed by atoms with Crippen LogP contribution in [-0.2, 0) is 27.6 Å². The van der Waals surface area contributed by atoms with Crippen molar-refractivity contribution in [1.82, 2.24) is 9.21 Å². The van der Waals surface area contributed by atoms with Crippen LogP contribution in [0.5, 0.6) is 5.75 Å². The number of fused-ring (bicyclic) bond motifs is 1. The first-order valence-corrected chi connectivity index (χ1v) is 13.2. The molecule has 2 aliphatic rings. The van der Waals surface area contributed by atoms with Crippen LogP contribution in [0.15, 0.2) is 47.4 Å². The molecule has 8 heteroatoms. The fourth-order valence-electron chi connectivity index (χ4n) is 4.45. The molecule has 0 bridgehead atoms. The number of hydrogen-bond donors (Lipinski definition) is 0. The minimum atomic E-state index is -3.58. The summed E-state index contributed by atoms with van der Waals surface area (Å²) in [7, 11) is -3.58. The fourth-order valence-corrected chi connectivity index (χ4v) is 5.92. The number of rotatable bonds is 8. The second-order valence-corrected chi connectivity index (χ2v) is 10.3. The van der Waals surface area contributed by atoms with Gasteiger partial charge in [0.05, 0.1) is 17.1 Å². The number of carbonyl (C=O) groups is 1. The van der Waals surface area contributed by atoms with Crippen LogP contribution in [0, 0.1) is 0 Å². The van der Waals surface area contributed by atoms with E-state index in [2.05, 4.69) is 0 Å². The lowest BCUT2D eigenvalue weighted by Crippen LogP contribution is -2.50. The first-order chi connectivity index (χ1) is 16.0. The maximum atomic E-state index is 13.2. The van der Waals surface area contributed by atoms with Crippen LogP contribution in [0.3, 0.4) is 0 Å². The average molecular weight is 473 g/mol. The Morgan fingerprint density at radius 2 is 1.67 bits per heavy atom. The Balaban J connectivity index is 1.40. The number of hydrogen-bond acceptors (Lipinski definition) is 5. The number of para-hydroxylation sites is 1. The summed E-state index contributed by atoms with van der Waals surface area (Å²) in [6, 6.07) is 12.7. The van der Waals surface area contributed by atoms with Crippen LogP contribution in [-0.4, -0.2) is 69.5 Å². The Morgan fingerprint density at radius 3 is 2.42 bits per heavy atom. The zero-order chi connectivity index (χ0) is 23.3. The highest BCUT2D eigenvalue weighted by molar-refractivity contribution is 7.89. The van der Waals surface area contributed by atoms with E-state index in [1.54, 1.807) is 29.2 Å². The maximum Gasteiger partial charge on any atom is 0.257 e. The van der Waals surface area contributed by atoms with Crippen molar-refractivity contribution < 1.29 is 22.7 Å². The Bertz CT molecular complexity index is 1080. The molecule has 1 aliphatic carbocycles. The zero-order valence-electron chi connectivity index (χ0n) is 19.2. The van der Waals surface area contributed by atoms with Crippen molar-refractivity contribution in [3.63, 3.8) is 0 Å². The molecule has 0 aromatic heterocycles. The molecule has 4 rings (SSSR count). The molecular formula is C25H32N2O5S. The van der Waals surface area contributed by atoms with Crippen molar-refractivity contribution in [3.05, 3.63) is 59.2 Å². The molecule has 2 aromatic carbocycles. The lowest BCUT2D eigenvalue weighted by atomic mass is 9.92. The molecule has 0 unspecified atom stereocenters. The highest BCUT2D eigenvalue weighted by Crippen LogP contribution is 2.27. The summed E-state index contributed by atoms with van der Waals surface area (Å²) in [6.45, 7) is 4.60. The Hall–Kier alpha value is -2.42. The lowest BCUT2D eigenvalue weighted by Gasteiger charge is -2.34. The van der Waals surface area contributed by atoms with Gasteiger partial charge in [-0.1, -0.05) is 18.2 Å². The number of benzene rings is 2. The zero-order valence-corrected chi connectivity index (χ0v) is 20.0. The van der Waals surface area contributed by atoms with Crippen LogP contribution < -0.4 is 4.74 Å². The van der Waals surface area contributed by atoms with Gasteiger partial charge in [-0.2, -0.15) is 4.31 Å². The molecule has 0 radical (unpaired) electrons. The van der Waals surface area contributed by atoms with Crippen LogP contribution >= 0.6 is 0 Å². The number of aryl methyl sites for hydroxylation is 2. The van der Waals surface area contributed by atoms with Gasteiger partial charge in [0.25, 0.3) is 5.91 Å². The van der Waals surface area contributed by atoms with Gasteiger partial charge in [0.15, 0.2) is 0 Å². The van der Waals surface area contributed by atoms with E-state index in [1.165, 1.54) is 9.87 Å². The lowest BCUT2D eigenvalue weighted by molar-refractivity contribution is 0.0688. The van der Waals surface area contributed by atoms with Crippen LogP contribution in [0.4, 0.5) is 0 Å². The summed E-state index contributed by atoms with van der Waals surface area (Å²) < 4.78 is 39.0. The molecule has 1 aliphatic heterocycles. The highest BCUT2D eigenvalue weighted by atomic mass is 32.2. The number of ether oxygens (including phenoxy) is 2. The van der Waals surface area contributed by atoms with Crippen molar-refractivity contribution in [2.75, 3.05) is 46.0 Å². The molecule has 0 N–H and O–H groups in total. The molecule has 0 atom stereocenters. The smallest absolute Gasteiger partial charge is 0.257 e. The Labute approximate surface area is 196 Å². The van der Waals surface area contributed by atoms with Crippen LogP contribution in [0.1, 0.15) is 41.3 Å². The topological polar surface area (TPSA) is 76.2 Å². The van der Waals surface area contributed by atoms with Crippen molar-refractivity contribution in [2.24, 2.45) is 0 Å². The van der Waals surface area contributed by atoms with E-state index >= 15 is 0 Å². The van der Waals surface area contributed by atoms with Gasteiger partial charge in [-0.05, 0) is 68.0 Å². The maximum absolute atomic E-state index is 13.2. The molecule has 1 amide bonds. The van der Waals surface area contributed by atoms with E-state index in [0.717, 1.165) is 31.2 Å². The van der Waals surface area contributed by atoms with E-state index < -0.39 is 10.0 Å². The number of carbonyl (C=O) groups excluding carboxylic acids is 1. The van der Waals surface area contributed by atoms with Crippen LogP contribution in [0.2, 0.25) is 0 Å². The Morgan fingerprint density at radius 1 is 0.939 bits per heavy atom. The van der Waals surface area contributed by atoms with Gasteiger partial charge in [0, 0.05) is 32.8 Å². The predicted octanol–water partition coefficient (Wildman–Crippen LogP) is 3.13. The quantitative estimate of drug-likeness (QED) is 0.552. The third-order valence-electron chi connectivity index (χ3n) is 6.29. The van der Waals surface area contributed by atoms with Gasteiger partial charge >= 0.3 is 0 Å². The molecule has 2 aromatic rings. The predicted molar refractivity (Wildman–Crippen MR) is 126 cm³/mol. The summed E-state index contributed by atoms with van der Waals surface area (Å²) in [5, 5.41) is 0. The number of nitrogens with zero attached hydrogens (tertiary/aromatic N) is 2. The minimum absolute atomic E-state index is 0.146. The second kappa shape index (κ2) is 10.7. The Kier molecular flexibility index (Phi) is 7.67. The van der Waals surface area contributed by atoms with Crippen LogP contribution in [0.25, 0.3) is 0 Å². The van der Waals surface area contributed by atoms with E-state index in [0.29, 0.717) is 49.1 Å². The standard InChI is InChI=1S/C25H32N2O5S/c1-2-31-17-18-32-24-10-6-5-9-23(24)25(28)26-13-15-27(16-14-26)33(29,30)22-12-11-20-7-3-4-8-21(20)19-22/h5-6,9-12,19H,2-4,7-8,13-18H2,1H3. The second-order valence-electron chi connectivity index (χ2n) is 8.38. The summed E-state index contributed by atoms with van der Waals surface area (Å²) >= 11 is 0. The fraction of sp³-hybridized carbons (Fsp3) is 0.480. The number of sulfonamides is 1. The van der Waals surface area contributed by atoms with E-state index in [-0.39, 0.29) is 19.0 Å². The van der Waals surface area contributed by atoms with Gasteiger partial charge < -0.3 is 14.4 Å². The molecule has 1 fully saturated rings. The van der Waals surface area contributed by atoms with Gasteiger partial charge in [-0.3, -0.25) is 4.79 Å². The van der Waals surface area contributed by atoms with Crippen molar-refractivity contribution in [1.29, 1.82) is 0 Å². The minimum Gasteiger partial charge on any atom is -0.490 e. The largest absolute Gasteiger partial charge is 0.490 e. The van der Waals surface area contributed by atoms with Crippen molar-refractivity contribution in [3.8, 4) is 5.75 Å². The normalized spacial score (nSPS) is 16.9. The van der Waals surface area contributed by atoms with E-state index in [9.17, 15) is 13.2 Å². The third kappa shape index (κ3) is 5.39. The summed E-state index contributed by atoms with van der Waals surface area (Å²) in [4.78, 5) is 15.2. The molecular weight excluding hydrogens is 440 g/mol. The highest BCUT2D eigenvalue weighted by Gasteiger charge is 2.31. The molecule has 0 spiro atoms. The van der Waals surface area contributed by atoms with Crippen molar-refractivity contribution >= 4 is 15.9 Å².